The highest BCUT2D eigenvalue weighted by molar-refractivity contribution is 7.98. The molecule has 0 saturated heterocycles. The molecule has 5 nitrogen and oxygen atoms in total. The zero-order valence-corrected chi connectivity index (χ0v) is 15.7. The van der Waals surface area contributed by atoms with Crippen LogP contribution in [0.5, 0.6) is 11.5 Å². The van der Waals surface area contributed by atoms with Gasteiger partial charge in [0.05, 0.1) is 10.2 Å². The molecule has 1 amide bonds. The quantitative estimate of drug-likeness (QED) is 0.786. The second-order valence-corrected chi connectivity index (χ2v) is 7.60. The number of aromatic nitrogens is 1. The Kier molecular flexibility index (Phi) is 5.84. The third kappa shape index (κ3) is 3.78. The predicted molar refractivity (Wildman–Crippen MR) is 99.3 cm³/mol. The van der Waals surface area contributed by atoms with E-state index in [-0.39, 0.29) is 5.91 Å². The number of amides is 1. The zero-order valence-electron chi connectivity index (χ0n) is 14.0. The normalized spacial score (nSPS) is 14.3. The van der Waals surface area contributed by atoms with Crippen LogP contribution in [0.25, 0.3) is 10.2 Å². The Morgan fingerprint density at radius 1 is 1.33 bits per heavy atom. The van der Waals surface area contributed by atoms with Gasteiger partial charge in [-0.05, 0) is 12.7 Å². The molecule has 1 aliphatic heterocycles. The Hall–Kier alpha value is -1.47. The van der Waals surface area contributed by atoms with Gasteiger partial charge in [0.1, 0.15) is 13.2 Å². The number of unbranched alkanes of at least 4 members (excludes halogenated alkanes) is 1. The molecule has 0 aliphatic carbocycles. The van der Waals surface area contributed by atoms with E-state index in [0.29, 0.717) is 19.6 Å². The Bertz CT molecular complexity index is 795. The van der Waals surface area contributed by atoms with Crippen molar-refractivity contribution in [2.75, 3.05) is 25.2 Å². The summed E-state index contributed by atoms with van der Waals surface area (Å²) < 4.78 is 14.6. The first-order valence-electron chi connectivity index (χ1n) is 8.22. The molecule has 0 radical (unpaired) electrons. The highest BCUT2D eigenvalue weighted by atomic mass is 32.2. The molecule has 0 bridgehead atoms. The van der Waals surface area contributed by atoms with E-state index in [0.717, 1.165) is 51.7 Å². The molecule has 1 aromatic carbocycles. The van der Waals surface area contributed by atoms with E-state index < -0.39 is 0 Å². The first-order chi connectivity index (χ1) is 11.7. The van der Waals surface area contributed by atoms with Crippen molar-refractivity contribution in [3.8, 4) is 11.5 Å². The van der Waals surface area contributed by atoms with Gasteiger partial charge in [0, 0.05) is 30.9 Å². The van der Waals surface area contributed by atoms with Crippen molar-refractivity contribution >= 4 is 39.2 Å². The first-order valence-corrected chi connectivity index (χ1v) is 10.4. The lowest BCUT2D eigenvalue weighted by Gasteiger charge is -2.18. The predicted octanol–water partition coefficient (Wildman–Crippen LogP) is 3.45. The Morgan fingerprint density at radius 3 is 2.79 bits per heavy atom. The summed E-state index contributed by atoms with van der Waals surface area (Å²) in [6, 6.07) is 4.01. The van der Waals surface area contributed by atoms with Gasteiger partial charge in [-0.15, -0.1) is 0 Å². The number of fused-ring (bicyclic) bond motifs is 2. The van der Waals surface area contributed by atoms with Crippen molar-refractivity contribution in [3.63, 3.8) is 0 Å². The first kappa shape index (κ1) is 17.4. The molecule has 3 rings (SSSR count). The number of aryl methyl sites for hydroxylation is 1. The summed E-state index contributed by atoms with van der Waals surface area (Å²) in [5.74, 6) is 2.47. The molecule has 0 unspecified atom stereocenters. The van der Waals surface area contributed by atoms with Crippen LogP contribution >= 0.6 is 23.1 Å². The average Bonchev–Trinajstić information content (AvgIpc) is 2.92. The summed E-state index contributed by atoms with van der Waals surface area (Å²) >= 11 is 3.32. The number of thiazole rings is 1. The van der Waals surface area contributed by atoms with E-state index >= 15 is 0 Å². The Balaban J connectivity index is 2.06. The molecule has 0 atom stereocenters. The van der Waals surface area contributed by atoms with Crippen molar-refractivity contribution in [2.24, 2.45) is 4.99 Å². The molecule has 24 heavy (non-hydrogen) atoms. The summed E-state index contributed by atoms with van der Waals surface area (Å²) in [5.41, 5.74) is 1.06. The van der Waals surface area contributed by atoms with E-state index in [4.69, 9.17) is 9.47 Å². The van der Waals surface area contributed by atoms with Gasteiger partial charge in [-0.1, -0.05) is 24.7 Å². The van der Waals surface area contributed by atoms with E-state index in [1.165, 1.54) is 11.3 Å². The van der Waals surface area contributed by atoms with Gasteiger partial charge >= 0.3 is 0 Å². The van der Waals surface area contributed by atoms with Gasteiger partial charge in [-0.2, -0.15) is 16.8 Å². The van der Waals surface area contributed by atoms with Crippen LogP contribution in [0.1, 0.15) is 26.2 Å². The van der Waals surface area contributed by atoms with Crippen LogP contribution in [0.3, 0.4) is 0 Å². The van der Waals surface area contributed by atoms with Crippen molar-refractivity contribution in [1.82, 2.24) is 4.57 Å². The van der Waals surface area contributed by atoms with Crippen LogP contribution in [0.2, 0.25) is 0 Å². The molecule has 0 N–H and O–H groups in total. The van der Waals surface area contributed by atoms with Crippen LogP contribution in [0.4, 0.5) is 0 Å². The van der Waals surface area contributed by atoms with E-state index in [2.05, 4.69) is 22.7 Å². The third-order valence-corrected chi connectivity index (χ3v) is 5.46. The smallest absolute Gasteiger partial charge is 0.248 e. The maximum Gasteiger partial charge on any atom is 0.248 e. The molecule has 0 spiro atoms. The molecule has 2 heterocycles. The van der Waals surface area contributed by atoms with Gasteiger partial charge in [-0.3, -0.25) is 4.79 Å². The lowest BCUT2D eigenvalue weighted by molar-refractivity contribution is -0.118. The van der Waals surface area contributed by atoms with Crippen molar-refractivity contribution < 1.29 is 14.3 Å². The van der Waals surface area contributed by atoms with Crippen LogP contribution in [-0.2, 0) is 11.3 Å². The maximum atomic E-state index is 12.1. The molecule has 2 aromatic rings. The molecule has 0 saturated carbocycles. The van der Waals surface area contributed by atoms with Gasteiger partial charge < -0.3 is 14.0 Å². The van der Waals surface area contributed by atoms with Gasteiger partial charge in [0.25, 0.3) is 0 Å². The summed E-state index contributed by atoms with van der Waals surface area (Å²) in [6.07, 6.45) is 4.47. The molecular formula is C17H22N2O3S2. The fourth-order valence-electron chi connectivity index (χ4n) is 2.58. The van der Waals surface area contributed by atoms with E-state index in [1.54, 1.807) is 11.8 Å². The second-order valence-electron chi connectivity index (χ2n) is 5.60. The number of carbonyl (C=O) groups is 1. The van der Waals surface area contributed by atoms with Gasteiger partial charge in [0.2, 0.25) is 5.91 Å². The number of hydrogen-bond acceptors (Lipinski definition) is 5. The van der Waals surface area contributed by atoms with E-state index in [1.807, 2.05) is 12.1 Å². The summed E-state index contributed by atoms with van der Waals surface area (Å²) in [5, 5.41) is 0. The van der Waals surface area contributed by atoms with Crippen LogP contribution < -0.4 is 14.3 Å². The van der Waals surface area contributed by atoms with Crippen LogP contribution in [-0.4, -0.2) is 35.7 Å². The monoisotopic (exact) mass is 366 g/mol. The topological polar surface area (TPSA) is 52.8 Å². The lowest BCUT2D eigenvalue weighted by Crippen LogP contribution is -2.18. The highest BCUT2D eigenvalue weighted by Crippen LogP contribution is 2.35. The molecular weight excluding hydrogens is 344 g/mol. The molecule has 1 aliphatic rings. The van der Waals surface area contributed by atoms with Gasteiger partial charge in [0.15, 0.2) is 16.3 Å². The van der Waals surface area contributed by atoms with Crippen molar-refractivity contribution in [3.05, 3.63) is 16.9 Å². The van der Waals surface area contributed by atoms with E-state index in [9.17, 15) is 4.79 Å². The second kappa shape index (κ2) is 8.07. The summed E-state index contributed by atoms with van der Waals surface area (Å²) in [7, 11) is 0. The Morgan fingerprint density at radius 2 is 2.08 bits per heavy atom. The number of nitrogens with zero attached hydrogens (tertiary/aromatic N) is 2. The zero-order chi connectivity index (χ0) is 16.9. The maximum absolute atomic E-state index is 12.1. The number of thioether (sulfide) groups is 1. The summed E-state index contributed by atoms with van der Waals surface area (Å²) in [4.78, 5) is 17.2. The number of benzene rings is 1. The third-order valence-electron chi connectivity index (χ3n) is 3.83. The van der Waals surface area contributed by atoms with Crippen LogP contribution in [0, 0.1) is 0 Å². The molecule has 0 fully saturated rings. The number of rotatable bonds is 6. The summed E-state index contributed by atoms with van der Waals surface area (Å²) in [6.45, 7) is 4.04. The molecule has 130 valence electrons. The fraction of sp³-hybridized carbons (Fsp3) is 0.529. The number of ether oxygens (including phenoxy) is 2. The van der Waals surface area contributed by atoms with Crippen LogP contribution in [0.15, 0.2) is 17.1 Å². The minimum absolute atomic E-state index is 0.0430. The largest absolute Gasteiger partial charge is 0.486 e. The molecule has 1 aromatic heterocycles. The minimum Gasteiger partial charge on any atom is -0.486 e. The lowest BCUT2D eigenvalue weighted by atomic mass is 10.2. The number of hydrogen-bond donors (Lipinski definition) is 0. The number of carbonyl (C=O) groups excluding carboxylic acids is 1. The van der Waals surface area contributed by atoms with Crippen molar-refractivity contribution in [2.45, 2.75) is 32.7 Å². The van der Waals surface area contributed by atoms with Crippen molar-refractivity contribution in [1.29, 1.82) is 0 Å². The standard InChI is InChI=1S/C17H22N2O3S2/c1-3-4-5-16(20)18-17-19(6-9-23-2)12-10-13-14(11-15(12)24-17)22-8-7-21-13/h10-11H,3-9H2,1-2H3. The molecule has 7 heteroatoms. The fourth-order valence-corrected chi connectivity index (χ4v) is 4.03. The minimum atomic E-state index is -0.0430. The SMILES string of the molecule is CCCCC(=O)N=c1sc2cc3c(cc2n1CCSC)OCCO3. The average molecular weight is 367 g/mol. The Labute approximate surface area is 149 Å². The highest BCUT2D eigenvalue weighted by Gasteiger charge is 2.16. The van der Waals surface area contributed by atoms with Gasteiger partial charge in [-0.25, -0.2) is 0 Å².